The number of hydrogen-bond donors (Lipinski definition) is 2. The minimum Gasteiger partial charge on any atom is -0.481 e. The topological polar surface area (TPSA) is 75.6 Å². The van der Waals surface area contributed by atoms with E-state index in [0.717, 1.165) is 19.3 Å². The lowest BCUT2D eigenvalue weighted by Crippen LogP contribution is -2.55. The van der Waals surface area contributed by atoms with E-state index >= 15 is 0 Å². The van der Waals surface area contributed by atoms with E-state index in [1.54, 1.807) is 0 Å². The van der Waals surface area contributed by atoms with Crippen LogP contribution in [0.1, 0.15) is 60.3 Å². The highest BCUT2D eigenvalue weighted by molar-refractivity contribution is 5.70. The molecule has 1 saturated carbocycles. The number of ether oxygens (including phenoxy) is 1. The van der Waals surface area contributed by atoms with Crippen molar-refractivity contribution in [2.75, 3.05) is 0 Å². The fourth-order valence-corrected chi connectivity index (χ4v) is 2.99. The van der Waals surface area contributed by atoms with Gasteiger partial charge < -0.3 is 15.2 Å². The molecule has 20 heavy (non-hydrogen) atoms. The van der Waals surface area contributed by atoms with Gasteiger partial charge in [0.2, 0.25) is 0 Å². The van der Waals surface area contributed by atoms with Gasteiger partial charge in [0.1, 0.15) is 5.60 Å². The maximum absolute atomic E-state index is 12.0. The summed E-state index contributed by atoms with van der Waals surface area (Å²) >= 11 is 0. The van der Waals surface area contributed by atoms with Crippen LogP contribution in [0.4, 0.5) is 4.79 Å². The number of nitrogens with one attached hydrogen (secondary N) is 1. The molecule has 0 radical (unpaired) electrons. The van der Waals surface area contributed by atoms with Gasteiger partial charge >= 0.3 is 12.1 Å². The Morgan fingerprint density at radius 3 is 2.15 bits per heavy atom. The predicted octanol–water partition coefficient (Wildman–Crippen LogP) is 3.18. The summed E-state index contributed by atoms with van der Waals surface area (Å²) in [6, 6.07) is -0.165. The Bertz CT molecular complexity index is 367. The minimum atomic E-state index is -0.804. The minimum absolute atomic E-state index is 0.103. The highest BCUT2D eigenvalue weighted by atomic mass is 16.6. The lowest BCUT2D eigenvalue weighted by atomic mass is 9.59. The summed E-state index contributed by atoms with van der Waals surface area (Å²) in [5, 5.41) is 12.0. The third kappa shape index (κ3) is 4.39. The van der Waals surface area contributed by atoms with Crippen LogP contribution in [-0.2, 0) is 9.53 Å². The number of rotatable bonds is 5. The molecule has 5 nitrogen and oxygen atoms in total. The molecular formula is C15H27NO4. The first-order valence-electron chi connectivity index (χ1n) is 7.27. The fraction of sp³-hybridized carbons (Fsp3) is 0.867. The number of carbonyl (C=O) groups excluding carboxylic acids is 1. The Morgan fingerprint density at radius 1 is 1.30 bits per heavy atom. The van der Waals surface area contributed by atoms with Crippen LogP contribution in [0.15, 0.2) is 0 Å². The molecule has 0 heterocycles. The zero-order chi connectivity index (χ0) is 15.6. The summed E-state index contributed by atoms with van der Waals surface area (Å²) in [6.07, 6.45) is 2.35. The molecule has 0 aliphatic heterocycles. The zero-order valence-corrected chi connectivity index (χ0v) is 13.2. The third-order valence-corrected chi connectivity index (χ3v) is 3.85. The van der Waals surface area contributed by atoms with Gasteiger partial charge in [0.15, 0.2) is 0 Å². The lowest BCUT2D eigenvalue weighted by Gasteiger charge is -2.48. The molecule has 5 heteroatoms. The largest absolute Gasteiger partial charge is 0.481 e. The van der Waals surface area contributed by atoms with Crippen LogP contribution in [0.2, 0.25) is 0 Å². The average Bonchev–Trinajstić information content (AvgIpc) is 2.17. The summed E-state index contributed by atoms with van der Waals surface area (Å²) in [7, 11) is 0. The van der Waals surface area contributed by atoms with E-state index in [4.69, 9.17) is 9.84 Å². The Kier molecular flexibility index (Phi) is 5.05. The van der Waals surface area contributed by atoms with Crippen LogP contribution in [-0.4, -0.2) is 28.8 Å². The third-order valence-electron chi connectivity index (χ3n) is 3.85. The summed E-state index contributed by atoms with van der Waals surface area (Å²) in [6.45, 7) is 9.45. The van der Waals surface area contributed by atoms with Crippen LogP contribution in [0.3, 0.4) is 0 Å². The molecule has 1 aliphatic rings. The van der Waals surface area contributed by atoms with Crippen molar-refractivity contribution in [1.29, 1.82) is 0 Å². The number of alkyl carbamates (subject to hydrolysis) is 1. The summed E-state index contributed by atoms with van der Waals surface area (Å²) in [4.78, 5) is 23.1. The lowest BCUT2D eigenvalue weighted by molar-refractivity contribution is -0.142. The van der Waals surface area contributed by atoms with Crippen molar-refractivity contribution in [3.8, 4) is 0 Å². The quantitative estimate of drug-likeness (QED) is 0.813. The Morgan fingerprint density at radius 2 is 1.85 bits per heavy atom. The highest BCUT2D eigenvalue weighted by Crippen LogP contribution is 2.48. The van der Waals surface area contributed by atoms with Crippen molar-refractivity contribution in [2.24, 2.45) is 11.3 Å². The van der Waals surface area contributed by atoms with Crippen molar-refractivity contribution in [2.45, 2.75) is 71.9 Å². The molecule has 1 atom stereocenters. The van der Waals surface area contributed by atoms with E-state index in [0.29, 0.717) is 0 Å². The van der Waals surface area contributed by atoms with Crippen LogP contribution >= 0.6 is 0 Å². The van der Waals surface area contributed by atoms with Gasteiger partial charge in [-0.15, -0.1) is 0 Å². The van der Waals surface area contributed by atoms with E-state index in [9.17, 15) is 9.59 Å². The number of hydrogen-bond acceptors (Lipinski definition) is 3. The summed E-state index contributed by atoms with van der Waals surface area (Å²) < 4.78 is 5.29. The number of carboxylic acids is 1. The fourth-order valence-electron chi connectivity index (χ4n) is 2.99. The smallest absolute Gasteiger partial charge is 0.407 e. The summed E-state index contributed by atoms with van der Waals surface area (Å²) in [5.74, 6) is -0.636. The molecule has 0 saturated heterocycles. The molecule has 0 aromatic carbocycles. The molecule has 1 fully saturated rings. The maximum Gasteiger partial charge on any atom is 0.407 e. The molecule has 1 unspecified atom stereocenters. The van der Waals surface area contributed by atoms with Crippen LogP contribution in [0, 0.1) is 11.3 Å². The summed E-state index contributed by atoms with van der Waals surface area (Å²) in [5.41, 5.74) is -0.873. The molecule has 1 rings (SSSR count). The number of aliphatic carboxylic acids is 1. The van der Waals surface area contributed by atoms with Gasteiger partial charge in [0, 0.05) is 11.5 Å². The average molecular weight is 285 g/mol. The normalized spacial score (nSPS) is 19.1. The van der Waals surface area contributed by atoms with Gasteiger partial charge in [-0.1, -0.05) is 20.3 Å². The molecule has 0 bridgehead atoms. The first kappa shape index (κ1) is 16.8. The number of amides is 1. The van der Waals surface area contributed by atoms with Crippen LogP contribution in [0.25, 0.3) is 0 Å². The van der Waals surface area contributed by atoms with E-state index in [1.165, 1.54) is 0 Å². The molecule has 0 aromatic heterocycles. The molecular weight excluding hydrogens is 258 g/mol. The molecule has 1 aliphatic carbocycles. The zero-order valence-electron chi connectivity index (χ0n) is 13.2. The molecule has 2 N–H and O–H groups in total. The van der Waals surface area contributed by atoms with E-state index in [1.807, 2.05) is 34.6 Å². The second-order valence-electron chi connectivity index (χ2n) is 7.15. The van der Waals surface area contributed by atoms with Gasteiger partial charge in [0.25, 0.3) is 0 Å². The van der Waals surface area contributed by atoms with Gasteiger partial charge in [-0.2, -0.15) is 0 Å². The van der Waals surface area contributed by atoms with Gasteiger partial charge in [-0.3, -0.25) is 4.79 Å². The molecule has 116 valence electrons. The first-order valence-corrected chi connectivity index (χ1v) is 7.27. The Hall–Kier alpha value is -1.26. The Labute approximate surface area is 121 Å². The van der Waals surface area contributed by atoms with Crippen molar-refractivity contribution in [3.05, 3.63) is 0 Å². The van der Waals surface area contributed by atoms with Crippen molar-refractivity contribution in [3.63, 3.8) is 0 Å². The van der Waals surface area contributed by atoms with Crippen LogP contribution in [0.5, 0.6) is 0 Å². The first-order chi connectivity index (χ1) is 9.06. The molecule has 1 amide bonds. The molecule has 0 spiro atoms. The number of carboxylic acid groups (broad SMARTS) is 1. The van der Waals surface area contributed by atoms with E-state index in [2.05, 4.69) is 5.32 Å². The van der Waals surface area contributed by atoms with Crippen molar-refractivity contribution >= 4 is 12.1 Å². The Balaban J connectivity index is 2.78. The predicted molar refractivity (Wildman–Crippen MR) is 76.5 cm³/mol. The molecule has 0 aromatic rings. The second-order valence-corrected chi connectivity index (χ2v) is 7.15. The van der Waals surface area contributed by atoms with Crippen molar-refractivity contribution < 1.29 is 19.4 Å². The van der Waals surface area contributed by atoms with Crippen molar-refractivity contribution in [1.82, 2.24) is 5.32 Å². The van der Waals surface area contributed by atoms with E-state index in [-0.39, 0.29) is 23.8 Å². The highest BCUT2D eigenvalue weighted by Gasteiger charge is 2.47. The van der Waals surface area contributed by atoms with Gasteiger partial charge in [0.05, 0.1) is 6.42 Å². The van der Waals surface area contributed by atoms with Gasteiger partial charge in [-0.05, 0) is 39.5 Å². The SMILES string of the molecule is CC(C)C(NC(=O)OC(C)(C)C)C1(CC(=O)O)CCC1. The standard InChI is InChI=1S/C15H27NO4/c1-10(2)12(16-13(19)20-14(3,4)5)15(7-6-8-15)9-11(17)18/h10,12H,6-9H2,1-5H3,(H,16,19)(H,17,18). The van der Waals surface area contributed by atoms with Crippen LogP contribution < -0.4 is 5.32 Å². The van der Waals surface area contributed by atoms with E-state index < -0.39 is 17.7 Å². The second kappa shape index (κ2) is 6.02. The van der Waals surface area contributed by atoms with Gasteiger partial charge in [-0.25, -0.2) is 4.79 Å². The monoisotopic (exact) mass is 285 g/mol. The maximum atomic E-state index is 12.0. The number of carbonyl (C=O) groups is 2.